The van der Waals surface area contributed by atoms with Gasteiger partial charge < -0.3 is 5.11 Å². The standard InChI is InChI=1S/C11H16N2O3/c1-7(2)4-9(11(15)16)13-10(14)5-8(3)6-12-13/h5-7,9H,4H2,1-3H3,(H,15,16). The van der Waals surface area contributed by atoms with E-state index in [1.807, 2.05) is 13.8 Å². The Labute approximate surface area is 93.7 Å². The second-order valence-electron chi connectivity index (χ2n) is 4.30. The molecule has 16 heavy (non-hydrogen) atoms. The number of hydrogen-bond acceptors (Lipinski definition) is 3. The monoisotopic (exact) mass is 224 g/mol. The molecule has 1 aromatic heterocycles. The van der Waals surface area contributed by atoms with E-state index >= 15 is 0 Å². The molecule has 1 rings (SSSR count). The Bertz CT molecular complexity index is 437. The van der Waals surface area contributed by atoms with Crippen LogP contribution in [0.4, 0.5) is 0 Å². The number of carbonyl (C=O) groups is 1. The number of rotatable bonds is 4. The second kappa shape index (κ2) is 4.92. The van der Waals surface area contributed by atoms with Crippen LogP contribution in [-0.4, -0.2) is 20.9 Å². The van der Waals surface area contributed by atoms with Gasteiger partial charge >= 0.3 is 5.97 Å². The highest BCUT2D eigenvalue weighted by atomic mass is 16.4. The van der Waals surface area contributed by atoms with Gasteiger partial charge in [-0.2, -0.15) is 5.10 Å². The molecule has 1 aromatic rings. The summed E-state index contributed by atoms with van der Waals surface area (Å²) in [4.78, 5) is 22.7. The number of aryl methyl sites for hydroxylation is 1. The zero-order chi connectivity index (χ0) is 12.3. The third-order valence-corrected chi connectivity index (χ3v) is 2.24. The Morgan fingerprint density at radius 3 is 2.62 bits per heavy atom. The minimum absolute atomic E-state index is 0.191. The molecule has 0 amide bonds. The maximum atomic E-state index is 11.6. The first kappa shape index (κ1) is 12.4. The van der Waals surface area contributed by atoms with Gasteiger partial charge in [-0.15, -0.1) is 0 Å². The zero-order valence-electron chi connectivity index (χ0n) is 9.67. The molecule has 0 radical (unpaired) electrons. The predicted molar refractivity (Wildman–Crippen MR) is 59.4 cm³/mol. The quantitative estimate of drug-likeness (QED) is 0.834. The molecule has 0 fully saturated rings. The Balaban J connectivity index is 3.11. The third-order valence-electron chi connectivity index (χ3n) is 2.24. The number of aliphatic carboxylic acids is 1. The van der Waals surface area contributed by atoms with Crippen molar-refractivity contribution < 1.29 is 9.90 Å². The van der Waals surface area contributed by atoms with Crippen molar-refractivity contribution in [3.8, 4) is 0 Å². The molecule has 0 aliphatic heterocycles. The van der Waals surface area contributed by atoms with Crippen LogP contribution in [0.2, 0.25) is 0 Å². The summed E-state index contributed by atoms with van der Waals surface area (Å²) >= 11 is 0. The van der Waals surface area contributed by atoms with Crippen LogP contribution in [0.1, 0.15) is 31.9 Å². The van der Waals surface area contributed by atoms with Crippen LogP contribution in [0.3, 0.4) is 0 Å². The molecule has 0 aliphatic rings. The van der Waals surface area contributed by atoms with Crippen LogP contribution in [-0.2, 0) is 4.79 Å². The van der Waals surface area contributed by atoms with Crippen molar-refractivity contribution in [2.24, 2.45) is 5.92 Å². The highest BCUT2D eigenvalue weighted by Crippen LogP contribution is 2.15. The molecule has 0 aliphatic carbocycles. The molecule has 1 heterocycles. The molecule has 5 heteroatoms. The number of nitrogens with zero attached hydrogens (tertiary/aromatic N) is 2. The van der Waals surface area contributed by atoms with Crippen LogP contribution in [0, 0.1) is 12.8 Å². The highest BCUT2D eigenvalue weighted by molar-refractivity contribution is 5.71. The molecule has 5 nitrogen and oxygen atoms in total. The lowest BCUT2D eigenvalue weighted by Crippen LogP contribution is -2.32. The van der Waals surface area contributed by atoms with Crippen molar-refractivity contribution in [1.82, 2.24) is 9.78 Å². The first-order valence-electron chi connectivity index (χ1n) is 5.20. The topological polar surface area (TPSA) is 72.2 Å². The summed E-state index contributed by atoms with van der Waals surface area (Å²) in [6.07, 6.45) is 1.89. The molecule has 88 valence electrons. The number of aromatic nitrogens is 2. The summed E-state index contributed by atoms with van der Waals surface area (Å²) in [6.45, 7) is 5.57. The SMILES string of the molecule is Cc1cnn(C(CC(C)C)C(=O)O)c(=O)c1. The average Bonchev–Trinajstić information content (AvgIpc) is 2.14. The molecule has 0 bridgehead atoms. The highest BCUT2D eigenvalue weighted by Gasteiger charge is 2.22. The Kier molecular flexibility index (Phi) is 3.82. The number of carboxylic acids is 1. The van der Waals surface area contributed by atoms with E-state index in [2.05, 4.69) is 5.10 Å². The van der Waals surface area contributed by atoms with Crippen LogP contribution in [0.15, 0.2) is 17.1 Å². The van der Waals surface area contributed by atoms with Gasteiger partial charge in [-0.3, -0.25) is 4.79 Å². The van der Waals surface area contributed by atoms with Crippen molar-refractivity contribution in [3.05, 3.63) is 28.2 Å². The molecular formula is C11H16N2O3. The minimum Gasteiger partial charge on any atom is -0.480 e. The lowest BCUT2D eigenvalue weighted by molar-refractivity contribution is -0.141. The van der Waals surface area contributed by atoms with Crippen LogP contribution >= 0.6 is 0 Å². The third kappa shape index (κ3) is 2.92. The van der Waals surface area contributed by atoms with E-state index in [-0.39, 0.29) is 11.5 Å². The van der Waals surface area contributed by atoms with Gasteiger partial charge in [0, 0.05) is 6.07 Å². The fourth-order valence-corrected chi connectivity index (χ4v) is 1.49. The average molecular weight is 224 g/mol. The summed E-state index contributed by atoms with van der Waals surface area (Å²) < 4.78 is 1.04. The van der Waals surface area contributed by atoms with Gasteiger partial charge in [0.1, 0.15) is 0 Å². The number of carboxylic acid groups (broad SMARTS) is 1. The van der Waals surface area contributed by atoms with Crippen LogP contribution in [0.25, 0.3) is 0 Å². The summed E-state index contributed by atoms with van der Waals surface area (Å²) in [5, 5.41) is 12.9. The van der Waals surface area contributed by atoms with Gasteiger partial charge in [-0.05, 0) is 24.8 Å². The summed E-state index contributed by atoms with van der Waals surface area (Å²) in [5.41, 5.74) is 0.364. The van der Waals surface area contributed by atoms with Crippen molar-refractivity contribution in [1.29, 1.82) is 0 Å². The Morgan fingerprint density at radius 2 is 2.19 bits per heavy atom. The van der Waals surface area contributed by atoms with Gasteiger partial charge in [0.15, 0.2) is 6.04 Å². The maximum Gasteiger partial charge on any atom is 0.328 e. The summed E-state index contributed by atoms with van der Waals surface area (Å²) in [5.74, 6) is -0.830. The van der Waals surface area contributed by atoms with Crippen molar-refractivity contribution in [2.75, 3.05) is 0 Å². The van der Waals surface area contributed by atoms with Gasteiger partial charge in [0.25, 0.3) is 5.56 Å². The van der Waals surface area contributed by atoms with E-state index in [0.29, 0.717) is 6.42 Å². The Hall–Kier alpha value is -1.65. The van der Waals surface area contributed by atoms with E-state index in [0.717, 1.165) is 10.2 Å². The second-order valence-corrected chi connectivity index (χ2v) is 4.30. The fraction of sp³-hybridized carbons (Fsp3) is 0.545. The molecule has 1 unspecified atom stereocenters. The van der Waals surface area contributed by atoms with E-state index in [4.69, 9.17) is 5.11 Å². The van der Waals surface area contributed by atoms with Gasteiger partial charge in [-0.25, -0.2) is 9.48 Å². The predicted octanol–water partition coefficient (Wildman–Crippen LogP) is 1.22. The number of hydrogen-bond donors (Lipinski definition) is 1. The van der Waals surface area contributed by atoms with Crippen molar-refractivity contribution in [2.45, 2.75) is 33.2 Å². The van der Waals surface area contributed by atoms with E-state index < -0.39 is 12.0 Å². The van der Waals surface area contributed by atoms with Gasteiger partial charge in [-0.1, -0.05) is 13.8 Å². The van der Waals surface area contributed by atoms with Crippen LogP contribution < -0.4 is 5.56 Å². The molecule has 0 aromatic carbocycles. The summed E-state index contributed by atoms with van der Waals surface area (Å²) in [6, 6.07) is 0.511. The molecular weight excluding hydrogens is 208 g/mol. The molecule has 0 saturated carbocycles. The normalized spacial score (nSPS) is 12.8. The summed E-state index contributed by atoms with van der Waals surface area (Å²) in [7, 11) is 0. The van der Waals surface area contributed by atoms with Crippen LogP contribution in [0.5, 0.6) is 0 Å². The fourth-order valence-electron chi connectivity index (χ4n) is 1.49. The minimum atomic E-state index is -1.02. The smallest absolute Gasteiger partial charge is 0.328 e. The Morgan fingerprint density at radius 1 is 1.56 bits per heavy atom. The molecule has 1 atom stereocenters. The van der Waals surface area contributed by atoms with E-state index in [1.165, 1.54) is 12.3 Å². The molecule has 0 saturated heterocycles. The maximum absolute atomic E-state index is 11.6. The van der Waals surface area contributed by atoms with Gasteiger partial charge in [0.05, 0.1) is 6.20 Å². The zero-order valence-corrected chi connectivity index (χ0v) is 9.67. The largest absolute Gasteiger partial charge is 0.480 e. The molecule has 1 N–H and O–H groups in total. The van der Waals surface area contributed by atoms with Gasteiger partial charge in [0.2, 0.25) is 0 Å². The van der Waals surface area contributed by atoms with E-state index in [1.54, 1.807) is 6.92 Å². The first-order valence-corrected chi connectivity index (χ1v) is 5.20. The van der Waals surface area contributed by atoms with Crippen molar-refractivity contribution >= 4 is 5.97 Å². The molecule has 0 spiro atoms. The lowest BCUT2D eigenvalue weighted by Gasteiger charge is -2.16. The lowest BCUT2D eigenvalue weighted by atomic mass is 10.0. The van der Waals surface area contributed by atoms with Crippen molar-refractivity contribution in [3.63, 3.8) is 0 Å². The first-order chi connectivity index (χ1) is 7.41. The van der Waals surface area contributed by atoms with E-state index in [9.17, 15) is 9.59 Å².